The molecule has 7 heteroatoms. The number of carbonyl (C=O) groups excluding carboxylic acids is 1. The first kappa shape index (κ1) is 25.0. The van der Waals surface area contributed by atoms with Gasteiger partial charge in [0.2, 0.25) is 0 Å². The zero-order valence-corrected chi connectivity index (χ0v) is 21.3. The van der Waals surface area contributed by atoms with Crippen molar-refractivity contribution in [3.8, 4) is 0 Å². The van der Waals surface area contributed by atoms with Gasteiger partial charge in [0.25, 0.3) is 0 Å². The number of hydrogen-bond acceptors (Lipinski definition) is 5. The molecule has 3 N–H and O–H groups in total. The first-order valence-electron chi connectivity index (χ1n) is 13.8. The number of nitrogens with one attached hydrogen (secondary N) is 1. The van der Waals surface area contributed by atoms with Gasteiger partial charge in [0.15, 0.2) is 0 Å². The van der Waals surface area contributed by atoms with E-state index < -0.39 is 0 Å². The van der Waals surface area contributed by atoms with Crippen molar-refractivity contribution in [1.82, 2.24) is 15.1 Å². The fraction of sp³-hybridized carbons (Fsp3) is 0.750. The number of methoxy groups -OCH3 is 1. The van der Waals surface area contributed by atoms with Crippen LogP contribution in [-0.2, 0) is 10.2 Å². The predicted molar refractivity (Wildman–Crippen MR) is 136 cm³/mol. The fourth-order valence-electron chi connectivity index (χ4n) is 7.84. The van der Waals surface area contributed by atoms with Gasteiger partial charge >= 0.3 is 6.09 Å². The van der Waals surface area contributed by atoms with Crippen LogP contribution in [0.2, 0.25) is 0 Å². The van der Waals surface area contributed by atoms with Crippen molar-refractivity contribution in [2.24, 2.45) is 17.6 Å². The molecule has 4 fully saturated rings. The first-order chi connectivity index (χ1) is 17.0. The van der Waals surface area contributed by atoms with Crippen LogP contribution >= 0.6 is 0 Å². The number of carbonyl (C=O) groups is 1. The van der Waals surface area contributed by atoms with Crippen LogP contribution in [0.25, 0.3) is 0 Å². The molecular weight excluding hydrogens is 443 g/mol. The number of likely N-dealkylation sites (tertiary alicyclic amines) is 2. The van der Waals surface area contributed by atoms with Crippen molar-refractivity contribution >= 4 is 6.09 Å². The molecule has 4 aliphatic rings. The lowest BCUT2D eigenvalue weighted by Crippen LogP contribution is -2.59. The van der Waals surface area contributed by atoms with Crippen molar-refractivity contribution < 1.29 is 13.9 Å². The van der Waals surface area contributed by atoms with Gasteiger partial charge in [-0.25, -0.2) is 9.18 Å². The Kier molecular flexibility index (Phi) is 7.66. The number of alkyl carbamates (subject to hydrolysis) is 1. The molecule has 0 bridgehead atoms. The lowest BCUT2D eigenvalue weighted by molar-refractivity contribution is 0.0180. The monoisotopic (exact) mass is 486 g/mol. The van der Waals surface area contributed by atoms with Crippen molar-refractivity contribution in [3.05, 3.63) is 35.6 Å². The second-order valence-electron chi connectivity index (χ2n) is 11.5. The summed E-state index contributed by atoms with van der Waals surface area (Å²) in [4.78, 5) is 17.5. The zero-order valence-electron chi connectivity index (χ0n) is 21.3. The Morgan fingerprint density at radius 3 is 2.54 bits per heavy atom. The van der Waals surface area contributed by atoms with E-state index in [0.29, 0.717) is 18.0 Å². The third kappa shape index (κ3) is 5.09. The Balaban J connectivity index is 1.48. The average molecular weight is 487 g/mol. The second-order valence-corrected chi connectivity index (χ2v) is 11.5. The van der Waals surface area contributed by atoms with E-state index in [9.17, 15) is 9.18 Å². The van der Waals surface area contributed by atoms with Crippen molar-refractivity contribution in [1.29, 1.82) is 0 Å². The lowest BCUT2D eigenvalue weighted by atomic mass is 9.57. The third-order valence-electron chi connectivity index (χ3n) is 9.68. The number of nitrogens with zero attached hydrogens (tertiary/aromatic N) is 2. The minimum atomic E-state index is -0.355. The average Bonchev–Trinajstić information content (AvgIpc) is 3.48. The van der Waals surface area contributed by atoms with Crippen molar-refractivity contribution in [2.75, 3.05) is 39.8 Å². The largest absolute Gasteiger partial charge is 0.453 e. The van der Waals surface area contributed by atoms with Gasteiger partial charge in [0.1, 0.15) is 5.82 Å². The molecule has 1 unspecified atom stereocenters. The minimum Gasteiger partial charge on any atom is -0.453 e. The number of piperidine rings is 1. The summed E-state index contributed by atoms with van der Waals surface area (Å²) >= 11 is 0. The Labute approximate surface area is 209 Å². The molecule has 6 nitrogen and oxygen atoms in total. The van der Waals surface area contributed by atoms with Gasteiger partial charge in [-0.1, -0.05) is 18.6 Å². The third-order valence-corrected chi connectivity index (χ3v) is 9.68. The van der Waals surface area contributed by atoms with E-state index >= 15 is 0 Å². The topological polar surface area (TPSA) is 70.8 Å². The molecule has 2 saturated heterocycles. The molecule has 0 spiro atoms. The van der Waals surface area contributed by atoms with Crippen LogP contribution < -0.4 is 11.1 Å². The number of benzene rings is 1. The minimum absolute atomic E-state index is 0.0536. The number of ether oxygens (including phenoxy) is 1. The smallest absolute Gasteiger partial charge is 0.407 e. The summed E-state index contributed by atoms with van der Waals surface area (Å²) in [5.41, 5.74) is 7.16. The molecule has 2 aliphatic heterocycles. The summed E-state index contributed by atoms with van der Waals surface area (Å²) in [6.07, 6.45) is 9.63. The number of nitrogens with two attached hydrogens (primary N) is 1. The first-order valence-corrected chi connectivity index (χ1v) is 13.8. The standard InChI is InChI=1S/C28H43FN4O2/c1-35-27(34)31-26-8-3-7-25(26)28(19-32-13-4-14-32,21-5-2-6-22(29)17-21)20-11-15-33(16-12-20)24-10-9-23(30)18-24/h2,5-6,17,20,23-26H,3-4,7-16,18-19,30H2,1H3,(H,31,34)/t23-,24?,25-,26-,28-/m0/s1. The van der Waals surface area contributed by atoms with Gasteiger partial charge in [-0.05, 0) is 107 Å². The molecule has 2 saturated carbocycles. The van der Waals surface area contributed by atoms with E-state index in [4.69, 9.17) is 10.5 Å². The maximum absolute atomic E-state index is 14.7. The molecule has 5 rings (SSSR count). The molecule has 1 aromatic carbocycles. The summed E-state index contributed by atoms with van der Waals surface area (Å²) in [5, 5.41) is 3.18. The maximum atomic E-state index is 14.7. The van der Waals surface area contributed by atoms with Crippen LogP contribution in [-0.4, -0.2) is 73.9 Å². The molecular formula is C28H43FN4O2. The molecule has 194 valence electrons. The van der Waals surface area contributed by atoms with Crippen LogP contribution in [0, 0.1) is 17.7 Å². The van der Waals surface area contributed by atoms with Gasteiger partial charge < -0.3 is 25.6 Å². The van der Waals surface area contributed by atoms with E-state index in [1.165, 1.54) is 20.0 Å². The highest BCUT2D eigenvalue weighted by atomic mass is 19.1. The Morgan fingerprint density at radius 1 is 1.11 bits per heavy atom. The highest BCUT2D eigenvalue weighted by Crippen LogP contribution is 2.51. The van der Waals surface area contributed by atoms with Gasteiger partial charge in [-0.2, -0.15) is 0 Å². The van der Waals surface area contributed by atoms with Crippen LogP contribution in [0.5, 0.6) is 0 Å². The van der Waals surface area contributed by atoms with Crippen LogP contribution in [0.3, 0.4) is 0 Å². The Bertz CT molecular complexity index is 872. The normalized spacial score (nSPS) is 32.2. The van der Waals surface area contributed by atoms with E-state index in [0.717, 1.165) is 83.2 Å². The summed E-state index contributed by atoms with van der Waals surface area (Å²) in [5.74, 6) is 0.546. The summed E-state index contributed by atoms with van der Waals surface area (Å²) < 4.78 is 19.7. The zero-order chi connectivity index (χ0) is 24.4. The van der Waals surface area contributed by atoms with Crippen LogP contribution in [0.15, 0.2) is 24.3 Å². The second kappa shape index (κ2) is 10.7. The fourth-order valence-corrected chi connectivity index (χ4v) is 7.84. The van der Waals surface area contributed by atoms with Gasteiger partial charge in [-0.3, -0.25) is 0 Å². The number of rotatable bonds is 7. The highest BCUT2D eigenvalue weighted by Gasteiger charge is 2.53. The van der Waals surface area contributed by atoms with E-state index in [-0.39, 0.29) is 29.3 Å². The van der Waals surface area contributed by atoms with E-state index in [1.54, 1.807) is 12.1 Å². The molecule has 5 atom stereocenters. The van der Waals surface area contributed by atoms with Gasteiger partial charge in [0.05, 0.1) is 7.11 Å². The summed E-state index contributed by atoms with van der Waals surface area (Å²) in [6, 6.07) is 8.39. The van der Waals surface area contributed by atoms with Crippen LogP contribution in [0.1, 0.15) is 63.4 Å². The quantitative estimate of drug-likeness (QED) is 0.612. The Morgan fingerprint density at radius 2 is 1.91 bits per heavy atom. The van der Waals surface area contributed by atoms with Crippen LogP contribution in [0.4, 0.5) is 9.18 Å². The summed E-state index contributed by atoms with van der Waals surface area (Å²) in [7, 11) is 1.43. The predicted octanol–water partition coefficient (Wildman–Crippen LogP) is 3.89. The van der Waals surface area contributed by atoms with E-state index in [1.807, 2.05) is 6.07 Å². The molecule has 2 heterocycles. The lowest BCUT2D eigenvalue weighted by Gasteiger charge is -2.54. The maximum Gasteiger partial charge on any atom is 0.407 e. The molecule has 35 heavy (non-hydrogen) atoms. The molecule has 0 aromatic heterocycles. The van der Waals surface area contributed by atoms with Gasteiger partial charge in [-0.15, -0.1) is 0 Å². The highest BCUT2D eigenvalue weighted by molar-refractivity contribution is 5.67. The molecule has 1 amide bonds. The van der Waals surface area contributed by atoms with Crippen molar-refractivity contribution in [3.63, 3.8) is 0 Å². The van der Waals surface area contributed by atoms with Crippen molar-refractivity contribution in [2.45, 2.75) is 81.3 Å². The van der Waals surface area contributed by atoms with Gasteiger partial charge in [0, 0.05) is 30.1 Å². The molecule has 1 aromatic rings. The number of amides is 1. The van der Waals surface area contributed by atoms with E-state index in [2.05, 4.69) is 21.2 Å². The Hall–Kier alpha value is -1.70. The summed E-state index contributed by atoms with van der Waals surface area (Å²) in [6.45, 7) is 5.33. The molecule has 0 radical (unpaired) electrons. The number of hydrogen-bond donors (Lipinski definition) is 2. The SMILES string of the molecule is COC(=O)N[C@H]1CCC[C@@H]1[C@](CN1CCC1)(c1cccc(F)c1)C1CCN(C2CC[C@H](N)C2)CC1. The molecule has 2 aliphatic carbocycles. The number of halogens is 1.